The Balaban J connectivity index is 2.51. The Bertz CT molecular complexity index is 253. The van der Waals surface area contributed by atoms with Gasteiger partial charge in [0.2, 0.25) is 0 Å². The Kier molecular flexibility index (Phi) is 3.94. The monoisotopic (exact) mass is 182 g/mol. The van der Waals surface area contributed by atoms with Gasteiger partial charge in [0.15, 0.2) is 0 Å². The van der Waals surface area contributed by atoms with Crippen LogP contribution in [0.3, 0.4) is 0 Å². The van der Waals surface area contributed by atoms with E-state index in [0.717, 1.165) is 17.9 Å². The van der Waals surface area contributed by atoms with Gasteiger partial charge in [-0.05, 0) is 29.7 Å². The molecule has 3 heteroatoms. The van der Waals surface area contributed by atoms with Crippen LogP contribution >= 0.6 is 11.8 Å². The second kappa shape index (κ2) is 5.04. The normalized spacial score (nSPS) is 11.2. The van der Waals surface area contributed by atoms with Gasteiger partial charge < -0.3 is 0 Å². The first-order valence-electron chi connectivity index (χ1n) is 4.19. The molecule has 1 rings (SSSR count). The van der Waals surface area contributed by atoms with Gasteiger partial charge in [-0.15, -0.1) is 11.8 Å². The second-order valence-corrected chi connectivity index (χ2v) is 3.61. The molecular formula is C9H14N2S. The number of aromatic nitrogens is 2. The molecule has 0 aliphatic rings. The second-order valence-electron chi connectivity index (χ2n) is 2.43. The van der Waals surface area contributed by atoms with Crippen LogP contribution in [0.2, 0.25) is 0 Å². The Hall–Kier alpha value is -0.700. The maximum absolute atomic E-state index is 4.13. The van der Waals surface area contributed by atoms with Crippen LogP contribution in [-0.2, 0) is 6.42 Å². The summed E-state index contributed by atoms with van der Waals surface area (Å²) in [5.74, 6) is 1.11. The fourth-order valence-corrected chi connectivity index (χ4v) is 1.29. The molecule has 0 aromatic carbocycles. The van der Waals surface area contributed by atoms with Crippen molar-refractivity contribution in [1.82, 2.24) is 10.2 Å². The van der Waals surface area contributed by atoms with Gasteiger partial charge in [-0.2, -0.15) is 5.10 Å². The van der Waals surface area contributed by atoms with E-state index >= 15 is 0 Å². The van der Waals surface area contributed by atoms with Crippen LogP contribution in [-0.4, -0.2) is 16.0 Å². The number of aryl methyl sites for hydroxylation is 1. The summed E-state index contributed by atoms with van der Waals surface area (Å²) in [6.45, 7) is 4.25. The van der Waals surface area contributed by atoms with Crippen molar-refractivity contribution in [1.29, 1.82) is 0 Å². The van der Waals surface area contributed by atoms with E-state index in [1.165, 1.54) is 5.69 Å². The molecule has 0 fully saturated rings. The largest absolute Gasteiger partial charge is 0.282 e. The molecule has 0 aliphatic heterocycles. The lowest BCUT2D eigenvalue weighted by molar-refractivity contribution is 0.972. The summed E-state index contributed by atoms with van der Waals surface area (Å²) in [7, 11) is 0. The van der Waals surface area contributed by atoms with Gasteiger partial charge in [0.25, 0.3) is 0 Å². The van der Waals surface area contributed by atoms with Crippen molar-refractivity contribution in [2.24, 2.45) is 0 Å². The summed E-state index contributed by atoms with van der Waals surface area (Å²) in [6.07, 6.45) is 3.05. The van der Waals surface area contributed by atoms with E-state index in [-0.39, 0.29) is 0 Å². The molecular weight excluding hydrogens is 168 g/mol. The smallest absolute Gasteiger partial charge is 0.0856 e. The SMILES string of the molecule is CCSC=Cc1cc(CC)[nH]n1. The Labute approximate surface area is 77.5 Å². The van der Waals surface area contributed by atoms with Crippen LogP contribution in [0.25, 0.3) is 6.08 Å². The number of hydrogen-bond acceptors (Lipinski definition) is 2. The maximum Gasteiger partial charge on any atom is 0.0856 e. The minimum absolute atomic E-state index is 1.02. The number of aromatic amines is 1. The van der Waals surface area contributed by atoms with Gasteiger partial charge in [-0.25, -0.2) is 0 Å². The van der Waals surface area contributed by atoms with Gasteiger partial charge in [0.05, 0.1) is 5.69 Å². The topological polar surface area (TPSA) is 28.7 Å². The van der Waals surface area contributed by atoms with E-state index in [1.54, 1.807) is 11.8 Å². The third-order valence-corrected chi connectivity index (χ3v) is 2.20. The Morgan fingerprint density at radius 1 is 1.58 bits per heavy atom. The van der Waals surface area contributed by atoms with Crippen LogP contribution in [0.4, 0.5) is 0 Å². The van der Waals surface area contributed by atoms with Crippen LogP contribution in [0.5, 0.6) is 0 Å². The predicted molar refractivity (Wildman–Crippen MR) is 55.1 cm³/mol. The summed E-state index contributed by atoms with van der Waals surface area (Å²) >= 11 is 1.79. The highest BCUT2D eigenvalue weighted by Crippen LogP contribution is 2.07. The molecule has 0 saturated carbocycles. The molecule has 0 bridgehead atoms. The van der Waals surface area contributed by atoms with Crippen molar-refractivity contribution < 1.29 is 0 Å². The molecule has 0 amide bonds. The van der Waals surface area contributed by atoms with Crippen molar-refractivity contribution in [2.75, 3.05) is 5.75 Å². The van der Waals surface area contributed by atoms with Gasteiger partial charge in [-0.1, -0.05) is 13.8 Å². The first kappa shape index (κ1) is 9.39. The highest BCUT2D eigenvalue weighted by molar-refractivity contribution is 8.02. The molecule has 2 nitrogen and oxygen atoms in total. The third-order valence-electron chi connectivity index (χ3n) is 1.53. The number of thioether (sulfide) groups is 1. The van der Waals surface area contributed by atoms with Gasteiger partial charge in [-0.3, -0.25) is 5.10 Å². The minimum atomic E-state index is 1.02. The van der Waals surface area contributed by atoms with Crippen molar-refractivity contribution in [3.05, 3.63) is 22.9 Å². The fourth-order valence-electron chi connectivity index (χ4n) is 0.860. The van der Waals surface area contributed by atoms with E-state index in [2.05, 4.69) is 35.5 Å². The van der Waals surface area contributed by atoms with Crippen molar-refractivity contribution in [3.8, 4) is 0 Å². The molecule has 66 valence electrons. The Morgan fingerprint density at radius 3 is 3.00 bits per heavy atom. The number of rotatable bonds is 4. The number of H-pyrrole nitrogens is 1. The molecule has 0 atom stereocenters. The highest BCUT2D eigenvalue weighted by Gasteiger charge is 1.93. The summed E-state index contributed by atoms with van der Waals surface area (Å²) in [4.78, 5) is 0. The fraction of sp³-hybridized carbons (Fsp3) is 0.444. The van der Waals surface area contributed by atoms with Crippen molar-refractivity contribution in [2.45, 2.75) is 20.3 Å². The lowest BCUT2D eigenvalue weighted by Crippen LogP contribution is -1.76. The number of nitrogens with zero attached hydrogens (tertiary/aromatic N) is 1. The van der Waals surface area contributed by atoms with E-state index < -0.39 is 0 Å². The molecule has 0 saturated heterocycles. The lowest BCUT2D eigenvalue weighted by atomic mass is 10.3. The molecule has 12 heavy (non-hydrogen) atoms. The Morgan fingerprint density at radius 2 is 2.42 bits per heavy atom. The molecule has 0 aliphatic carbocycles. The van der Waals surface area contributed by atoms with E-state index in [4.69, 9.17) is 0 Å². The highest BCUT2D eigenvalue weighted by atomic mass is 32.2. The molecule has 1 aromatic rings. The maximum atomic E-state index is 4.13. The molecule has 1 heterocycles. The molecule has 1 aromatic heterocycles. The standard InChI is InChI=1S/C9H14N2S/c1-3-8-7-9(11-10-8)5-6-12-4-2/h5-7H,3-4H2,1-2H3,(H,10,11). The zero-order valence-corrected chi connectivity index (χ0v) is 8.32. The molecule has 0 spiro atoms. The quantitative estimate of drug-likeness (QED) is 0.775. The van der Waals surface area contributed by atoms with Crippen molar-refractivity contribution >= 4 is 17.8 Å². The first-order valence-corrected chi connectivity index (χ1v) is 5.24. The number of hydrogen-bond donors (Lipinski definition) is 1. The average molecular weight is 182 g/mol. The third kappa shape index (κ3) is 2.74. The van der Waals surface area contributed by atoms with Crippen LogP contribution in [0.1, 0.15) is 25.2 Å². The summed E-state index contributed by atoms with van der Waals surface area (Å²) < 4.78 is 0. The average Bonchev–Trinajstić information content (AvgIpc) is 2.53. The molecule has 0 radical (unpaired) electrons. The zero-order chi connectivity index (χ0) is 8.81. The van der Waals surface area contributed by atoms with Crippen LogP contribution < -0.4 is 0 Å². The predicted octanol–water partition coefficient (Wildman–Crippen LogP) is 2.70. The van der Waals surface area contributed by atoms with E-state index in [9.17, 15) is 0 Å². The summed E-state index contributed by atoms with van der Waals surface area (Å²) in [5, 5.41) is 9.18. The molecule has 0 unspecified atom stereocenters. The van der Waals surface area contributed by atoms with Gasteiger partial charge in [0.1, 0.15) is 0 Å². The first-order chi connectivity index (χ1) is 5.86. The zero-order valence-electron chi connectivity index (χ0n) is 7.50. The molecule has 1 N–H and O–H groups in total. The minimum Gasteiger partial charge on any atom is -0.282 e. The van der Waals surface area contributed by atoms with Crippen LogP contribution in [0, 0.1) is 0 Å². The van der Waals surface area contributed by atoms with E-state index in [1.807, 2.05) is 6.08 Å². The summed E-state index contributed by atoms with van der Waals surface area (Å²) in [6, 6.07) is 2.08. The van der Waals surface area contributed by atoms with E-state index in [0.29, 0.717) is 0 Å². The number of nitrogens with one attached hydrogen (secondary N) is 1. The van der Waals surface area contributed by atoms with Gasteiger partial charge in [0, 0.05) is 5.69 Å². The van der Waals surface area contributed by atoms with Gasteiger partial charge >= 0.3 is 0 Å². The van der Waals surface area contributed by atoms with Crippen LogP contribution in [0.15, 0.2) is 11.5 Å². The van der Waals surface area contributed by atoms with Crippen molar-refractivity contribution in [3.63, 3.8) is 0 Å². The summed E-state index contributed by atoms with van der Waals surface area (Å²) in [5.41, 5.74) is 2.21. The lowest BCUT2D eigenvalue weighted by Gasteiger charge is -1.83.